The maximum absolute atomic E-state index is 10.2. The predicted octanol–water partition coefficient (Wildman–Crippen LogP) is 3.98. The van der Waals surface area contributed by atoms with Crippen LogP contribution >= 0.6 is 22.6 Å². The number of halogens is 1. The van der Waals surface area contributed by atoms with E-state index in [4.69, 9.17) is 4.74 Å². The van der Waals surface area contributed by atoms with Crippen LogP contribution in [0.2, 0.25) is 0 Å². The Kier molecular flexibility index (Phi) is 5.01. The molecular formula is C14H19IO2. The fourth-order valence-corrected chi connectivity index (χ4v) is 1.82. The summed E-state index contributed by atoms with van der Waals surface area (Å²) in [4.78, 5) is 0. The zero-order valence-corrected chi connectivity index (χ0v) is 12.7. The first-order valence-electron chi connectivity index (χ1n) is 5.66. The predicted molar refractivity (Wildman–Crippen MR) is 79.0 cm³/mol. The first kappa shape index (κ1) is 14.5. The quantitative estimate of drug-likeness (QED) is 0.496. The second kappa shape index (κ2) is 5.87. The third-order valence-electron chi connectivity index (χ3n) is 3.32. The van der Waals surface area contributed by atoms with Crippen molar-refractivity contribution in [1.82, 2.24) is 0 Å². The average molecular weight is 346 g/mol. The van der Waals surface area contributed by atoms with E-state index in [1.807, 2.05) is 45.0 Å². The second-order valence-electron chi connectivity index (χ2n) is 4.48. The summed E-state index contributed by atoms with van der Waals surface area (Å²) >= 11 is 2.23. The highest BCUT2D eigenvalue weighted by molar-refractivity contribution is 14.1. The number of hydrogen-bond donors (Lipinski definition) is 1. The first-order valence-corrected chi connectivity index (χ1v) is 6.74. The molecule has 0 saturated carbocycles. The summed E-state index contributed by atoms with van der Waals surface area (Å²) in [5.41, 5.74) is 0.515. The monoisotopic (exact) mass is 346 g/mol. The average Bonchev–Trinajstić information content (AvgIpc) is 2.30. The van der Waals surface area contributed by atoms with Crippen LogP contribution < -0.4 is 4.74 Å². The molecule has 94 valence electrons. The van der Waals surface area contributed by atoms with Crippen LogP contribution in [-0.2, 0) is 0 Å². The van der Waals surface area contributed by atoms with E-state index in [0.717, 1.165) is 15.6 Å². The van der Waals surface area contributed by atoms with Crippen LogP contribution in [0.3, 0.4) is 0 Å². The summed E-state index contributed by atoms with van der Waals surface area (Å²) in [7, 11) is 0. The molecule has 0 aliphatic heterocycles. The minimum atomic E-state index is -0.870. The van der Waals surface area contributed by atoms with Crippen LogP contribution in [0.4, 0.5) is 0 Å². The topological polar surface area (TPSA) is 29.5 Å². The van der Waals surface area contributed by atoms with Gasteiger partial charge in [0.05, 0.1) is 0 Å². The molecule has 0 aromatic heterocycles. The zero-order valence-electron chi connectivity index (χ0n) is 10.5. The normalized spacial score (nSPS) is 16.1. The van der Waals surface area contributed by atoms with Gasteiger partial charge in [0.15, 0.2) is 0 Å². The van der Waals surface area contributed by atoms with Crippen LogP contribution in [0.1, 0.15) is 27.2 Å². The van der Waals surface area contributed by atoms with E-state index in [-0.39, 0.29) is 0 Å². The molecule has 1 aromatic carbocycles. The van der Waals surface area contributed by atoms with Crippen molar-refractivity contribution in [3.05, 3.63) is 40.0 Å². The van der Waals surface area contributed by atoms with Gasteiger partial charge in [-0.1, -0.05) is 19.1 Å². The van der Waals surface area contributed by atoms with Crippen molar-refractivity contribution in [3.63, 3.8) is 0 Å². The molecule has 0 aliphatic carbocycles. The summed E-state index contributed by atoms with van der Waals surface area (Å²) in [6.45, 7) is 9.84. The molecule has 1 rings (SSSR count). The van der Waals surface area contributed by atoms with Gasteiger partial charge >= 0.3 is 0 Å². The molecule has 2 unspecified atom stereocenters. The first-order chi connectivity index (χ1) is 7.90. The number of aliphatic hydroxyl groups is 1. The highest BCUT2D eigenvalue weighted by Gasteiger charge is 2.33. The van der Waals surface area contributed by atoms with E-state index in [2.05, 4.69) is 29.2 Å². The number of benzene rings is 1. The van der Waals surface area contributed by atoms with Gasteiger partial charge in [-0.25, -0.2) is 0 Å². The Morgan fingerprint density at radius 2 is 2.00 bits per heavy atom. The zero-order chi connectivity index (χ0) is 13.1. The number of ether oxygens (including phenoxy) is 1. The Balaban J connectivity index is 2.80. The van der Waals surface area contributed by atoms with Gasteiger partial charge in [0.2, 0.25) is 6.29 Å². The van der Waals surface area contributed by atoms with Gasteiger partial charge in [0.25, 0.3) is 0 Å². The Bertz CT molecular complexity index is 386. The van der Waals surface area contributed by atoms with Crippen molar-refractivity contribution in [2.24, 2.45) is 5.41 Å². The third-order valence-corrected chi connectivity index (χ3v) is 4.03. The smallest absolute Gasteiger partial charge is 0.206 e. The lowest BCUT2D eigenvalue weighted by molar-refractivity contribution is -0.0938. The Morgan fingerprint density at radius 3 is 2.41 bits per heavy atom. The molecule has 0 amide bonds. The summed E-state index contributed by atoms with van der Waals surface area (Å²) < 4.78 is 6.72. The largest absolute Gasteiger partial charge is 0.464 e. The molecule has 2 nitrogen and oxygen atoms in total. The molecule has 1 aromatic rings. The lowest BCUT2D eigenvalue weighted by Gasteiger charge is -2.33. The molecule has 0 spiro atoms. The van der Waals surface area contributed by atoms with Gasteiger partial charge in [0, 0.05) is 8.99 Å². The molecule has 0 bridgehead atoms. The van der Waals surface area contributed by atoms with Crippen LogP contribution in [0, 0.1) is 8.99 Å². The van der Waals surface area contributed by atoms with E-state index >= 15 is 0 Å². The molecule has 2 atom stereocenters. The van der Waals surface area contributed by atoms with Gasteiger partial charge in [-0.2, -0.15) is 0 Å². The van der Waals surface area contributed by atoms with Crippen molar-refractivity contribution in [3.8, 4) is 5.75 Å². The highest BCUT2D eigenvalue weighted by atomic mass is 127. The van der Waals surface area contributed by atoms with Gasteiger partial charge < -0.3 is 9.84 Å². The van der Waals surface area contributed by atoms with E-state index < -0.39 is 11.7 Å². The van der Waals surface area contributed by atoms with Crippen molar-refractivity contribution >= 4 is 22.6 Å². The molecule has 0 fully saturated rings. The minimum Gasteiger partial charge on any atom is -0.464 e. The van der Waals surface area contributed by atoms with Gasteiger partial charge in [-0.05, 0) is 67.1 Å². The number of aliphatic hydroxyl groups excluding tert-OH is 1. The Morgan fingerprint density at radius 1 is 1.47 bits per heavy atom. The summed E-state index contributed by atoms with van der Waals surface area (Å²) in [6.07, 6.45) is -0.0847. The molecule has 0 saturated heterocycles. The molecule has 0 heterocycles. The van der Waals surface area contributed by atoms with Crippen molar-refractivity contribution in [1.29, 1.82) is 0 Å². The standard InChI is InChI=1S/C14H19IO2/c1-5-14(4,10(2)3)13(16)17-12-8-6-11(15)7-9-12/h6-9,13,16H,2,5H2,1,3-4H3. The molecule has 0 aliphatic rings. The second-order valence-corrected chi connectivity index (χ2v) is 5.72. The molecular weight excluding hydrogens is 327 g/mol. The van der Waals surface area contributed by atoms with E-state index in [1.54, 1.807) is 0 Å². The SMILES string of the molecule is C=C(C)C(C)(CC)C(O)Oc1ccc(I)cc1. The van der Waals surface area contributed by atoms with E-state index in [9.17, 15) is 5.11 Å². The maximum atomic E-state index is 10.2. The van der Waals surface area contributed by atoms with E-state index in [0.29, 0.717) is 5.75 Å². The Labute approximate surface area is 117 Å². The fraction of sp³-hybridized carbons (Fsp3) is 0.429. The number of hydrogen-bond acceptors (Lipinski definition) is 2. The summed E-state index contributed by atoms with van der Waals surface area (Å²) in [5.74, 6) is 0.679. The minimum absolute atomic E-state index is 0.414. The molecule has 1 N–H and O–H groups in total. The van der Waals surface area contributed by atoms with Gasteiger partial charge in [-0.15, -0.1) is 0 Å². The van der Waals surface area contributed by atoms with Crippen LogP contribution in [0.25, 0.3) is 0 Å². The van der Waals surface area contributed by atoms with Crippen LogP contribution in [-0.4, -0.2) is 11.4 Å². The third kappa shape index (κ3) is 3.45. The van der Waals surface area contributed by atoms with Gasteiger partial charge in [-0.3, -0.25) is 0 Å². The summed E-state index contributed by atoms with van der Waals surface area (Å²) in [5, 5.41) is 10.2. The van der Waals surface area contributed by atoms with Crippen molar-refractivity contribution in [2.45, 2.75) is 33.5 Å². The number of rotatable bonds is 5. The van der Waals surface area contributed by atoms with Gasteiger partial charge in [0.1, 0.15) is 5.75 Å². The molecule has 0 radical (unpaired) electrons. The lowest BCUT2D eigenvalue weighted by Crippen LogP contribution is -2.37. The molecule has 17 heavy (non-hydrogen) atoms. The Hall–Kier alpha value is -0.550. The van der Waals surface area contributed by atoms with Crippen LogP contribution in [0.15, 0.2) is 36.4 Å². The fourth-order valence-electron chi connectivity index (χ4n) is 1.46. The van der Waals surface area contributed by atoms with Crippen molar-refractivity contribution in [2.75, 3.05) is 0 Å². The van der Waals surface area contributed by atoms with E-state index in [1.165, 1.54) is 0 Å². The highest BCUT2D eigenvalue weighted by Crippen LogP contribution is 2.34. The lowest BCUT2D eigenvalue weighted by atomic mass is 9.80. The summed E-state index contributed by atoms with van der Waals surface area (Å²) in [6, 6.07) is 7.62. The molecule has 3 heteroatoms. The van der Waals surface area contributed by atoms with Crippen LogP contribution in [0.5, 0.6) is 5.75 Å². The maximum Gasteiger partial charge on any atom is 0.206 e. The van der Waals surface area contributed by atoms with Crippen molar-refractivity contribution < 1.29 is 9.84 Å².